The fourth-order valence-electron chi connectivity index (χ4n) is 1.81. The van der Waals surface area contributed by atoms with Gasteiger partial charge in [0.05, 0.1) is 11.1 Å². The van der Waals surface area contributed by atoms with Gasteiger partial charge in [-0.25, -0.2) is 4.68 Å². The van der Waals surface area contributed by atoms with Crippen molar-refractivity contribution in [1.82, 2.24) is 9.78 Å². The van der Waals surface area contributed by atoms with E-state index in [2.05, 4.69) is 5.10 Å². The molecular weight excluding hydrogens is 345 g/mol. The molecule has 2 rings (SSSR count). The maximum absolute atomic E-state index is 13.0. The van der Waals surface area contributed by atoms with Gasteiger partial charge < -0.3 is 4.74 Å². The third kappa shape index (κ3) is 3.90. The summed E-state index contributed by atoms with van der Waals surface area (Å²) in [5.41, 5.74) is -0.996. The van der Waals surface area contributed by atoms with Gasteiger partial charge in [-0.05, 0) is 38.5 Å². The van der Waals surface area contributed by atoms with Gasteiger partial charge in [0.25, 0.3) is 0 Å². The quantitative estimate of drug-likeness (QED) is 0.600. The predicted molar refractivity (Wildman–Crippen MR) is 83.4 cm³/mol. The smallest absolute Gasteiger partial charge is 0.407 e. The molecule has 8 heteroatoms. The number of aryl methyl sites for hydroxylation is 1. The van der Waals surface area contributed by atoms with Crippen LogP contribution in [0, 0.1) is 12.3 Å². The Morgan fingerprint density at radius 2 is 1.96 bits per heavy atom. The number of rotatable bonds is 4. The molecule has 0 amide bonds. The third-order valence-corrected chi connectivity index (χ3v) is 3.97. The van der Waals surface area contributed by atoms with Crippen molar-refractivity contribution in [2.24, 2.45) is 5.41 Å². The van der Waals surface area contributed by atoms with E-state index in [0.29, 0.717) is 11.8 Å². The summed E-state index contributed by atoms with van der Waals surface area (Å²) in [6.07, 6.45) is -4.65. The lowest BCUT2D eigenvalue weighted by Gasteiger charge is -2.19. The average Bonchev–Trinajstić information content (AvgIpc) is 2.91. The van der Waals surface area contributed by atoms with E-state index in [0.717, 1.165) is 10.2 Å². The number of aromatic nitrogens is 2. The highest BCUT2D eigenvalue weighted by molar-refractivity contribution is 6.19. The minimum Gasteiger partial charge on any atom is -0.407 e. The van der Waals surface area contributed by atoms with Crippen molar-refractivity contribution in [3.63, 3.8) is 0 Å². The Balaban J connectivity index is 2.49. The van der Waals surface area contributed by atoms with Crippen LogP contribution in [0.25, 0.3) is 5.69 Å². The Labute approximate surface area is 142 Å². The molecule has 0 fully saturated rings. The van der Waals surface area contributed by atoms with Crippen LogP contribution in [-0.2, 0) is 11.0 Å². The third-order valence-electron chi connectivity index (χ3n) is 3.30. The number of carbonyl (C=O) groups is 1. The summed E-state index contributed by atoms with van der Waals surface area (Å²) in [5.74, 6) is -1.08. The second kappa shape index (κ2) is 6.47. The summed E-state index contributed by atoms with van der Waals surface area (Å²) in [4.78, 5) is 12.1. The first-order valence-electron chi connectivity index (χ1n) is 7.07. The first-order valence-corrected chi connectivity index (χ1v) is 7.60. The molecular formula is C16H16ClF3N2O2. The van der Waals surface area contributed by atoms with Gasteiger partial charge in [-0.2, -0.15) is 18.3 Å². The topological polar surface area (TPSA) is 44.1 Å². The van der Waals surface area contributed by atoms with E-state index in [4.69, 9.17) is 16.3 Å². The van der Waals surface area contributed by atoms with Gasteiger partial charge in [0.2, 0.25) is 5.88 Å². The second-order valence-electron chi connectivity index (χ2n) is 6.02. The molecule has 0 atom stereocenters. The Morgan fingerprint density at radius 1 is 1.29 bits per heavy atom. The molecule has 0 saturated carbocycles. The number of nitrogens with zero attached hydrogens (tertiary/aromatic N) is 2. The van der Waals surface area contributed by atoms with Crippen LogP contribution < -0.4 is 4.74 Å². The van der Waals surface area contributed by atoms with Crippen LogP contribution in [0.4, 0.5) is 13.2 Å². The lowest BCUT2D eigenvalue weighted by Crippen LogP contribution is -2.31. The Morgan fingerprint density at radius 3 is 2.50 bits per heavy atom. The van der Waals surface area contributed by atoms with Crippen molar-refractivity contribution < 1.29 is 22.7 Å². The zero-order chi connectivity index (χ0) is 18.1. The van der Waals surface area contributed by atoms with Crippen LogP contribution in [0.5, 0.6) is 5.88 Å². The van der Waals surface area contributed by atoms with Crippen LogP contribution in [0.2, 0.25) is 0 Å². The molecule has 0 aliphatic carbocycles. The predicted octanol–water partition coefficient (Wildman–Crippen LogP) is 4.37. The lowest BCUT2D eigenvalue weighted by molar-refractivity contribution is -0.143. The average molecular weight is 361 g/mol. The van der Waals surface area contributed by atoms with Gasteiger partial charge in [-0.3, -0.25) is 4.79 Å². The molecule has 1 aromatic heterocycles. The SMILES string of the molecule is Cc1cccc(-n2nc(C(F)(F)F)cc2OC(=O)C(C)(C)CCl)c1. The first kappa shape index (κ1) is 18.3. The molecule has 0 N–H and O–H groups in total. The molecule has 2 aromatic rings. The van der Waals surface area contributed by atoms with Crippen LogP contribution in [0.3, 0.4) is 0 Å². The van der Waals surface area contributed by atoms with Crippen molar-refractivity contribution in [1.29, 1.82) is 0 Å². The zero-order valence-electron chi connectivity index (χ0n) is 13.3. The molecule has 0 unspecified atom stereocenters. The molecule has 0 saturated heterocycles. The van der Waals surface area contributed by atoms with Crippen LogP contribution in [0.15, 0.2) is 30.3 Å². The summed E-state index contributed by atoms with van der Waals surface area (Å²) in [6.45, 7) is 4.88. The summed E-state index contributed by atoms with van der Waals surface area (Å²) < 4.78 is 45.0. The second-order valence-corrected chi connectivity index (χ2v) is 6.29. The monoisotopic (exact) mass is 360 g/mol. The van der Waals surface area contributed by atoms with E-state index < -0.39 is 23.3 Å². The Kier molecular flexibility index (Phi) is 4.94. The van der Waals surface area contributed by atoms with Crippen molar-refractivity contribution in [3.05, 3.63) is 41.6 Å². The lowest BCUT2D eigenvalue weighted by atomic mass is 9.97. The van der Waals surface area contributed by atoms with Gasteiger partial charge in [0, 0.05) is 11.9 Å². The van der Waals surface area contributed by atoms with E-state index in [9.17, 15) is 18.0 Å². The molecule has 0 aliphatic heterocycles. The number of alkyl halides is 4. The van der Waals surface area contributed by atoms with Gasteiger partial charge in [0.1, 0.15) is 0 Å². The molecule has 0 radical (unpaired) electrons. The standard InChI is InChI=1S/C16H16ClF3N2O2/c1-10-5-4-6-11(7-10)22-13(8-12(21-22)16(18,19)20)24-14(23)15(2,3)9-17/h4-8H,9H2,1-3H3. The normalized spacial score (nSPS) is 12.3. The largest absolute Gasteiger partial charge is 0.435 e. The van der Waals surface area contributed by atoms with Crippen LogP contribution in [0.1, 0.15) is 25.1 Å². The van der Waals surface area contributed by atoms with Crippen LogP contribution >= 0.6 is 11.6 Å². The number of hydrogen-bond donors (Lipinski definition) is 0. The number of esters is 1. The first-order chi connectivity index (χ1) is 11.0. The molecule has 0 aliphatic rings. The summed E-state index contributed by atoms with van der Waals surface area (Å²) in [6, 6.07) is 7.37. The van der Waals surface area contributed by atoms with E-state index in [1.165, 1.54) is 0 Å². The number of ether oxygens (including phenoxy) is 1. The summed E-state index contributed by atoms with van der Waals surface area (Å²) >= 11 is 5.71. The Bertz CT molecular complexity index is 754. The van der Waals surface area contributed by atoms with E-state index in [1.807, 2.05) is 0 Å². The van der Waals surface area contributed by atoms with Gasteiger partial charge in [-0.1, -0.05) is 12.1 Å². The molecule has 1 aromatic carbocycles. The fourth-order valence-corrected chi connectivity index (χ4v) is 1.92. The van der Waals surface area contributed by atoms with E-state index in [-0.39, 0.29) is 11.8 Å². The number of benzene rings is 1. The molecule has 130 valence electrons. The van der Waals surface area contributed by atoms with Crippen molar-refractivity contribution in [3.8, 4) is 11.6 Å². The summed E-state index contributed by atoms with van der Waals surface area (Å²) in [5, 5.41) is 3.54. The molecule has 24 heavy (non-hydrogen) atoms. The van der Waals surface area contributed by atoms with Gasteiger partial charge in [-0.15, -0.1) is 11.6 Å². The highest BCUT2D eigenvalue weighted by Crippen LogP contribution is 2.33. The van der Waals surface area contributed by atoms with Crippen molar-refractivity contribution in [2.45, 2.75) is 26.9 Å². The van der Waals surface area contributed by atoms with Crippen molar-refractivity contribution >= 4 is 17.6 Å². The minimum atomic E-state index is -4.65. The minimum absolute atomic E-state index is 0.0312. The number of halogens is 4. The van der Waals surface area contributed by atoms with E-state index >= 15 is 0 Å². The molecule has 0 bridgehead atoms. The zero-order valence-corrected chi connectivity index (χ0v) is 14.1. The maximum Gasteiger partial charge on any atom is 0.435 e. The van der Waals surface area contributed by atoms with Crippen molar-refractivity contribution in [2.75, 3.05) is 5.88 Å². The fraction of sp³-hybridized carbons (Fsp3) is 0.375. The highest BCUT2D eigenvalue weighted by Gasteiger charge is 2.37. The van der Waals surface area contributed by atoms with E-state index in [1.54, 1.807) is 45.0 Å². The van der Waals surface area contributed by atoms with Gasteiger partial charge in [0.15, 0.2) is 5.69 Å². The van der Waals surface area contributed by atoms with Crippen LogP contribution in [-0.4, -0.2) is 21.6 Å². The Hall–Kier alpha value is -2.02. The highest BCUT2D eigenvalue weighted by atomic mass is 35.5. The van der Waals surface area contributed by atoms with Gasteiger partial charge >= 0.3 is 12.1 Å². The maximum atomic E-state index is 13.0. The number of hydrogen-bond acceptors (Lipinski definition) is 3. The molecule has 4 nitrogen and oxygen atoms in total. The molecule has 0 spiro atoms. The molecule has 1 heterocycles. The number of carbonyl (C=O) groups excluding carboxylic acids is 1. The summed E-state index contributed by atoms with van der Waals surface area (Å²) in [7, 11) is 0.